The van der Waals surface area contributed by atoms with E-state index in [0.29, 0.717) is 73.8 Å². The largest absolute Gasteiger partial charge is 0.358 e. The minimum atomic E-state index is -0.941. The smallest absolute Gasteiger partial charge is 0 e. The molecule has 0 saturated carbocycles. The maximum absolute atomic E-state index is 14.1. The van der Waals surface area contributed by atoms with E-state index in [1.54, 1.807) is 40.8 Å². The summed E-state index contributed by atoms with van der Waals surface area (Å²) in [5.74, 6) is -7.37. The molecule has 0 aliphatic carbocycles. The molecule has 8 aliphatic heterocycles. The van der Waals surface area contributed by atoms with Crippen LogP contribution in [0.5, 0.6) is 23.0 Å². The van der Waals surface area contributed by atoms with Crippen LogP contribution < -0.4 is 41.7 Å². The number of ketones is 2. The van der Waals surface area contributed by atoms with Gasteiger partial charge in [0.15, 0.2) is 82.3 Å². The van der Waals surface area contributed by atoms with Crippen molar-refractivity contribution in [3.8, 4) is 23.0 Å². The van der Waals surface area contributed by atoms with Crippen LogP contribution in [0.4, 0.5) is 26.3 Å². The van der Waals surface area contributed by atoms with Crippen molar-refractivity contribution in [3.05, 3.63) is 331 Å². The van der Waals surface area contributed by atoms with Crippen LogP contribution in [-0.2, 0) is 105 Å². The predicted octanol–water partition coefficient (Wildman–Crippen LogP) is 13.8. The minimum Gasteiger partial charge on any atom is -0.358 e. The van der Waals surface area contributed by atoms with Crippen molar-refractivity contribution in [2.45, 2.75) is 181 Å². The van der Waals surface area contributed by atoms with Gasteiger partial charge in [0.2, 0.25) is 21.7 Å². The molecule has 4 amide bonds. The zero-order chi connectivity index (χ0) is 93.6. The van der Waals surface area contributed by atoms with Gasteiger partial charge in [0.05, 0.1) is 68.2 Å². The summed E-state index contributed by atoms with van der Waals surface area (Å²) < 4.78 is 129. The molecule has 18 rings (SSSR count). The molecule has 8 atom stereocenters. The third-order valence-electron chi connectivity index (χ3n) is 23.3. The number of fused-ring (bicyclic) bond motifs is 8. The van der Waals surface area contributed by atoms with Gasteiger partial charge in [-0.1, -0.05) is 109 Å². The molecular formula is C95H97BBrF6IN10O18PdS-. The molecule has 3 unspecified atom stereocenters. The Kier molecular flexibility index (Phi) is 37.6. The van der Waals surface area contributed by atoms with E-state index in [1.165, 1.54) is 52.2 Å². The number of benzene rings is 6. The number of thiol groups is 1. The zero-order valence-electron chi connectivity index (χ0n) is 73.4. The number of nitrogens with two attached hydrogens (primary N) is 1. The number of ether oxygens (including phenoxy) is 7. The summed E-state index contributed by atoms with van der Waals surface area (Å²) in [6.07, 6.45) is 6.68. The maximum Gasteiger partial charge on any atom is 0 e. The van der Waals surface area contributed by atoms with Crippen LogP contribution in [0.15, 0.2) is 204 Å². The van der Waals surface area contributed by atoms with Crippen LogP contribution in [0.1, 0.15) is 162 Å². The molecule has 28 nitrogen and oxygen atoms in total. The Morgan fingerprint density at radius 2 is 0.776 bits per heavy atom. The number of hydrogen-bond acceptors (Lipinski definition) is 21. The number of nitrogens with zero attached hydrogens (tertiary/aromatic N) is 9. The monoisotopic (exact) mass is 2130 g/mol. The normalized spacial score (nSPS) is 19.0. The summed E-state index contributed by atoms with van der Waals surface area (Å²) in [4.78, 5) is 136. The molecule has 12 heterocycles. The number of aryl methyl sites for hydroxylation is 2. The molecule has 6 aromatic carbocycles. The van der Waals surface area contributed by atoms with Gasteiger partial charge in [-0.2, -0.15) is 0 Å². The average Bonchev–Trinajstić information content (AvgIpc) is 0.757. The summed E-state index contributed by atoms with van der Waals surface area (Å²) in [6, 6.07) is 39.3. The summed E-state index contributed by atoms with van der Waals surface area (Å²) in [7, 11) is 4.34. The number of rotatable bonds is 18. The summed E-state index contributed by atoms with van der Waals surface area (Å²) in [5.41, 5.74) is 6.30. The van der Waals surface area contributed by atoms with Crippen molar-refractivity contribution in [1.82, 2.24) is 37.9 Å². The van der Waals surface area contributed by atoms with Gasteiger partial charge in [-0.25, -0.2) is 26.3 Å². The van der Waals surface area contributed by atoms with Crippen molar-refractivity contribution in [2.24, 2.45) is 10.0 Å². The van der Waals surface area contributed by atoms with E-state index in [0.717, 1.165) is 59.9 Å². The maximum atomic E-state index is 14.1. The quantitative estimate of drug-likeness (QED) is 0.0179. The molecule has 39 heteroatoms. The molecule has 0 spiro atoms. The first-order valence-electron chi connectivity index (χ1n) is 42.3. The zero-order valence-corrected chi connectivity index (χ0v) is 79.8. The number of aromatic nitrogens is 4. The van der Waals surface area contributed by atoms with Gasteiger partial charge in [0, 0.05) is 119 Å². The predicted molar refractivity (Wildman–Crippen MR) is 496 cm³/mol. The fourth-order valence-electron chi connectivity index (χ4n) is 16.4. The topological polar surface area (TPSA) is 327 Å². The number of pyridine rings is 4. The fraction of sp³-hybridized carbons (Fsp3) is 0.337. The molecular weight excluding hydrogens is 2040 g/mol. The molecule has 0 bridgehead atoms. The Bertz CT molecular complexity index is 6200. The Hall–Kier alpha value is -11.0. The standard InChI is InChI=1S/C28H26F2N2O5.C21H20F2N2O5.C19H19BrN2O4.C19H20N2O4.C7H7F2N.CH3.BHNS.HI.Pd/c1-17-11-12-36-24-15-31-14-21(23(33)10-8-19-7-9-20(29)13-22(19)30)26(34)27(25(31)28(35)32(17)24)37-16-18-5-3-2-4-6-18;1-11-6-7-30-17-10-24-9-14(19(27)20(28)18(24)21(29)25(11)17)16(26)5-3-12-2-4-13(22)8-15(12)23;1-12-7-8-25-15-10-21-9-14(20)17(23)18(16(21)19(24)22(12)15)26-11-13-5-3-2-4-6-13;1-13-8-10-24-16-11-20-9-7-15(22)18(17(20)19(23)21(13)16)25-12-14-5-3-2-4-6-14;8-6-2-1-5(4-10)7(9)3-6;;1-2-3;;/h2-7,9,13-14,17,24H,8,10-12,15-16H2,1H3;2,4,8-9,11,17,28H,3,5-7,10H2,1H3;2-6,9,12,15H,7-8,10-11H2,1H3;2-7,9,13,16H,8,10-12H2,1H3;1-3H,4,10H2;1H3;3H;1H;/q;;;;;-1;;;/t17-,24?;11-,17?;12-,15?;13-,16+;;;;;/m1111...../s1. The van der Waals surface area contributed by atoms with Crippen LogP contribution in [0.3, 0.4) is 0 Å². The number of hydrogen-bond donors (Lipinski definition) is 3. The van der Waals surface area contributed by atoms with Crippen molar-refractivity contribution in [2.75, 3.05) is 26.4 Å². The molecule has 4 aromatic heterocycles. The number of carbonyl (C=O) groups is 6. The Morgan fingerprint density at radius 1 is 0.463 bits per heavy atom. The third-order valence-corrected chi connectivity index (χ3v) is 23.9. The van der Waals surface area contributed by atoms with Crippen molar-refractivity contribution >= 4 is 95.6 Å². The molecule has 711 valence electrons. The SMILES string of the molecule is C[C@@H]1CCOC2Cn3cc(Br)c(=O)c(OCc4ccccc4)c3C(=O)N21.C[C@@H]1CCOC2Cn3cc(C(=O)CCc4ccc(F)cc4F)c(=O)c(O)c3C(=O)N21.C[C@@H]1CCOC2Cn3cc(C(=O)CCc4ccc(F)cc4F)c(=O)c(OCc4ccccc4)c3C(=O)N21.C[C@@H]1CCO[C@H]2Cn3ccc(=O)c(OCc4ccccc4)c3C(=O)N12.I.NCc1ccc(F)cc1F.[B]=NS.[CH3-].[Pd]. The van der Waals surface area contributed by atoms with Crippen LogP contribution in [0.2, 0.25) is 0 Å². The van der Waals surface area contributed by atoms with Crippen LogP contribution in [0.25, 0.3) is 0 Å². The van der Waals surface area contributed by atoms with Gasteiger partial charge in [0.1, 0.15) is 54.7 Å². The van der Waals surface area contributed by atoms with E-state index in [4.69, 9.17) is 38.9 Å². The summed E-state index contributed by atoms with van der Waals surface area (Å²) in [6.45, 7) is 12.1. The van der Waals surface area contributed by atoms with Crippen LogP contribution in [0, 0.1) is 42.3 Å². The van der Waals surface area contributed by atoms with E-state index < -0.39 is 87.3 Å². The van der Waals surface area contributed by atoms with E-state index >= 15 is 0 Å². The average molecular weight is 2140 g/mol. The molecule has 1 radical (unpaired) electrons. The number of Topliss-reactive ketones (excluding diaryl/α,β-unsaturated/α-hetero) is 2. The van der Waals surface area contributed by atoms with E-state index in [9.17, 15) is 79.4 Å². The molecule has 134 heavy (non-hydrogen) atoms. The molecule has 4 saturated heterocycles. The second-order valence-electron chi connectivity index (χ2n) is 32.0. The van der Waals surface area contributed by atoms with Gasteiger partial charge in [-0.3, -0.25) is 47.9 Å². The first-order valence-corrected chi connectivity index (χ1v) is 43.5. The molecule has 4 fully saturated rings. The van der Waals surface area contributed by atoms with E-state index in [1.807, 2.05) is 119 Å². The molecule has 8 aliphatic rings. The van der Waals surface area contributed by atoms with Crippen LogP contribution in [-0.4, -0.2) is 161 Å². The van der Waals surface area contributed by atoms with E-state index in [-0.39, 0.29) is 227 Å². The van der Waals surface area contributed by atoms with E-state index in [2.05, 4.69) is 40.7 Å². The first kappa shape index (κ1) is 105. The number of amides is 4. The number of halogens is 8. The molecule has 10 aromatic rings. The fourth-order valence-corrected chi connectivity index (χ4v) is 16.8. The number of aromatic hydroxyl groups is 1. The van der Waals surface area contributed by atoms with Crippen molar-refractivity contribution in [3.63, 3.8) is 0 Å². The summed E-state index contributed by atoms with van der Waals surface area (Å²) >= 11 is 6.48. The van der Waals surface area contributed by atoms with Gasteiger partial charge < -0.3 is 89.3 Å². The van der Waals surface area contributed by atoms with Gasteiger partial charge in [-0.15, -0.1) is 24.0 Å². The van der Waals surface area contributed by atoms with Crippen molar-refractivity contribution < 1.29 is 114 Å². The Balaban J connectivity index is 0.000000177. The second kappa shape index (κ2) is 48.0. The third kappa shape index (κ3) is 24.3. The van der Waals surface area contributed by atoms with Gasteiger partial charge in [0.25, 0.3) is 23.6 Å². The molecule has 3 N–H and O–H groups in total. The minimum absolute atomic E-state index is 0. The second-order valence-corrected chi connectivity index (χ2v) is 33.1. The van der Waals surface area contributed by atoms with Crippen molar-refractivity contribution in [1.29, 1.82) is 0 Å². The van der Waals surface area contributed by atoms with Gasteiger partial charge in [-0.05, 0) is 128 Å². The number of carbonyl (C=O) groups excluding carboxylic acids is 6. The summed E-state index contributed by atoms with van der Waals surface area (Å²) in [5, 5.41) is 10.4. The Morgan fingerprint density at radius 3 is 1.14 bits per heavy atom. The first-order chi connectivity index (χ1) is 63.0. The van der Waals surface area contributed by atoms with Gasteiger partial charge >= 0.3 is 24.8 Å². The van der Waals surface area contributed by atoms with Crippen LogP contribution >= 0.6 is 52.7 Å². The Labute approximate surface area is 813 Å².